The SMILES string of the molecule is COc1ccc(Nc2cc(F)c(I)cc2N)cc1F. The quantitative estimate of drug-likeness (QED) is 0.631. The van der Waals surface area contributed by atoms with E-state index >= 15 is 0 Å². The van der Waals surface area contributed by atoms with Gasteiger partial charge in [0.05, 0.1) is 22.1 Å². The lowest BCUT2D eigenvalue weighted by Gasteiger charge is -2.11. The molecule has 0 aliphatic rings. The molecule has 0 spiro atoms. The summed E-state index contributed by atoms with van der Waals surface area (Å²) < 4.78 is 32.2. The maximum absolute atomic E-state index is 13.5. The maximum atomic E-state index is 13.5. The molecule has 2 aromatic rings. The van der Waals surface area contributed by atoms with E-state index < -0.39 is 5.82 Å². The topological polar surface area (TPSA) is 47.3 Å². The number of methoxy groups -OCH3 is 1. The van der Waals surface area contributed by atoms with E-state index in [0.717, 1.165) is 0 Å². The summed E-state index contributed by atoms with van der Waals surface area (Å²) in [6.07, 6.45) is 0. The summed E-state index contributed by atoms with van der Waals surface area (Å²) in [6, 6.07) is 7.15. The number of rotatable bonds is 3. The lowest BCUT2D eigenvalue weighted by molar-refractivity contribution is 0.386. The highest BCUT2D eigenvalue weighted by Crippen LogP contribution is 2.29. The summed E-state index contributed by atoms with van der Waals surface area (Å²) in [5, 5.41) is 2.87. The predicted molar refractivity (Wildman–Crippen MR) is 79.8 cm³/mol. The zero-order chi connectivity index (χ0) is 14.0. The van der Waals surface area contributed by atoms with Crippen LogP contribution >= 0.6 is 22.6 Å². The fraction of sp³-hybridized carbons (Fsp3) is 0.0769. The van der Waals surface area contributed by atoms with Crippen LogP contribution in [-0.2, 0) is 0 Å². The Labute approximate surface area is 122 Å². The minimum absolute atomic E-state index is 0.146. The Kier molecular flexibility index (Phi) is 4.08. The van der Waals surface area contributed by atoms with Gasteiger partial charge in [-0.05, 0) is 40.8 Å². The molecule has 100 valence electrons. The highest BCUT2D eigenvalue weighted by molar-refractivity contribution is 14.1. The zero-order valence-corrected chi connectivity index (χ0v) is 12.2. The minimum Gasteiger partial charge on any atom is -0.494 e. The Morgan fingerprint density at radius 1 is 1.16 bits per heavy atom. The normalized spacial score (nSPS) is 10.3. The van der Waals surface area contributed by atoms with E-state index in [1.165, 1.54) is 31.4 Å². The van der Waals surface area contributed by atoms with Crippen molar-refractivity contribution in [3.63, 3.8) is 0 Å². The summed E-state index contributed by atoms with van der Waals surface area (Å²) in [6.45, 7) is 0. The maximum Gasteiger partial charge on any atom is 0.167 e. The fourth-order valence-electron chi connectivity index (χ4n) is 1.57. The number of nitrogens with two attached hydrogens (primary N) is 1. The molecule has 0 heterocycles. The first kappa shape index (κ1) is 13.9. The summed E-state index contributed by atoms with van der Waals surface area (Å²) >= 11 is 1.85. The van der Waals surface area contributed by atoms with Crippen LogP contribution in [0.15, 0.2) is 30.3 Å². The second-order valence-corrected chi connectivity index (χ2v) is 4.99. The van der Waals surface area contributed by atoms with Gasteiger partial charge in [-0.15, -0.1) is 0 Å². The van der Waals surface area contributed by atoms with Gasteiger partial charge < -0.3 is 15.8 Å². The van der Waals surface area contributed by atoms with Crippen LogP contribution in [0.3, 0.4) is 0 Å². The van der Waals surface area contributed by atoms with Crippen molar-refractivity contribution in [2.24, 2.45) is 0 Å². The van der Waals surface area contributed by atoms with E-state index in [2.05, 4.69) is 5.32 Å². The lowest BCUT2D eigenvalue weighted by atomic mass is 10.2. The molecule has 19 heavy (non-hydrogen) atoms. The zero-order valence-electron chi connectivity index (χ0n) is 10.0. The van der Waals surface area contributed by atoms with Gasteiger partial charge >= 0.3 is 0 Å². The van der Waals surface area contributed by atoms with Crippen molar-refractivity contribution >= 4 is 39.7 Å². The van der Waals surface area contributed by atoms with Gasteiger partial charge in [-0.3, -0.25) is 0 Å². The van der Waals surface area contributed by atoms with Gasteiger partial charge in [-0.2, -0.15) is 0 Å². The Hall–Kier alpha value is -1.57. The molecule has 0 atom stereocenters. The van der Waals surface area contributed by atoms with Crippen molar-refractivity contribution in [1.29, 1.82) is 0 Å². The molecular weight excluding hydrogens is 365 g/mol. The van der Waals surface area contributed by atoms with Crippen LogP contribution < -0.4 is 15.8 Å². The summed E-state index contributed by atoms with van der Waals surface area (Å²) in [5.41, 5.74) is 7.03. The highest BCUT2D eigenvalue weighted by atomic mass is 127. The molecule has 0 unspecified atom stereocenters. The molecule has 0 bridgehead atoms. The van der Waals surface area contributed by atoms with E-state index in [1.54, 1.807) is 6.07 Å². The highest BCUT2D eigenvalue weighted by Gasteiger charge is 2.08. The number of nitrogen functional groups attached to an aromatic ring is 1. The predicted octanol–water partition coefficient (Wildman–Crippen LogP) is 3.90. The second kappa shape index (κ2) is 5.60. The van der Waals surface area contributed by atoms with Crippen molar-refractivity contribution in [3.05, 3.63) is 45.5 Å². The smallest absolute Gasteiger partial charge is 0.167 e. The number of hydrogen-bond acceptors (Lipinski definition) is 3. The van der Waals surface area contributed by atoms with E-state index in [-0.39, 0.29) is 11.6 Å². The molecule has 2 rings (SSSR count). The molecule has 0 fully saturated rings. The molecule has 0 saturated carbocycles. The van der Waals surface area contributed by atoms with Crippen molar-refractivity contribution in [3.8, 4) is 5.75 Å². The second-order valence-electron chi connectivity index (χ2n) is 3.83. The first-order valence-corrected chi connectivity index (χ1v) is 6.44. The third-order valence-corrected chi connectivity index (χ3v) is 3.35. The van der Waals surface area contributed by atoms with Crippen molar-refractivity contribution in [1.82, 2.24) is 0 Å². The number of hydrogen-bond donors (Lipinski definition) is 2. The molecule has 3 nitrogen and oxygen atoms in total. The van der Waals surface area contributed by atoms with Crippen molar-refractivity contribution < 1.29 is 13.5 Å². The average Bonchev–Trinajstić information content (AvgIpc) is 2.36. The molecule has 6 heteroatoms. The largest absolute Gasteiger partial charge is 0.494 e. The van der Waals surface area contributed by atoms with Crippen LogP contribution in [0.25, 0.3) is 0 Å². The molecule has 0 aromatic heterocycles. The summed E-state index contributed by atoms with van der Waals surface area (Å²) in [7, 11) is 1.39. The molecular formula is C13H11F2IN2O. The molecule has 0 radical (unpaired) electrons. The number of halogens is 3. The number of ether oxygens (including phenoxy) is 1. The summed E-state index contributed by atoms with van der Waals surface area (Å²) in [4.78, 5) is 0. The average molecular weight is 376 g/mol. The lowest BCUT2D eigenvalue weighted by Crippen LogP contribution is -1.99. The van der Waals surface area contributed by atoms with E-state index in [4.69, 9.17) is 10.5 Å². The summed E-state index contributed by atoms with van der Waals surface area (Å²) in [5.74, 6) is -0.740. The molecule has 3 N–H and O–H groups in total. The van der Waals surface area contributed by atoms with Gasteiger partial charge in [0.2, 0.25) is 0 Å². The first-order chi connectivity index (χ1) is 9.01. The van der Waals surface area contributed by atoms with E-state index in [1.807, 2.05) is 22.6 Å². The molecule has 0 saturated heterocycles. The third kappa shape index (κ3) is 3.06. The monoisotopic (exact) mass is 376 g/mol. The number of nitrogens with one attached hydrogen (secondary N) is 1. The van der Waals surface area contributed by atoms with Crippen LogP contribution in [-0.4, -0.2) is 7.11 Å². The van der Waals surface area contributed by atoms with Gasteiger partial charge in [0.1, 0.15) is 5.82 Å². The van der Waals surface area contributed by atoms with Crippen LogP contribution in [0, 0.1) is 15.2 Å². The molecule has 2 aromatic carbocycles. The minimum atomic E-state index is -0.503. The Morgan fingerprint density at radius 3 is 2.53 bits per heavy atom. The van der Waals surface area contributed by atoms with E-state index in [9.17, 15) is 8.78 Å². The Balaban J connectivity index is 2.31. The molecule has 0 amide bonds. The van der Waals surface area contributed by atoms with Gasteiger partial charge in [0, 0.05) is 17.8 Å². The van der Waals surface area contributed by atoms with Crippen LogP contribution in [0.4, 0.5) is 25.8 Å². The molecule has 0 aliphatic heterocycles. The van der Waals surface area contributed by atoms with Gasteiger partial charge in [-0.1, -0.05) is 0 Å². The third-order valence-electron chi connectivity index (χ3n) is 2.52. The van der Waals surface area contributed by atoms with Crippen molar-refractivity contribution in [2.75, 3.05) is 18.2 Å². The first-order valence-electron chi connectivity index (χ1n) is 5.36. The van der Waals surface area contributed by atoms with Crippen LogP contribution in [0.2, 0.25) is 0 Å². The van der Waals surface area contributed by atoms with Crippen LogP contribution in [0.5, 0.6) is 5.75 Å². The number of anilines is 3. The fourth-order valence-corrected chi connectivity index (χ4v) is 2.06. The van der Waals surface area contributed by atoms with Crippen LogP contribution in [0.1, 0.15) is 0 Å². The van der Waals surface area contributed by atoms with Gasteiger partial charge in [0.15, 0.2) is 11.6 Å². The van der Waals surface area contributed by atoms with E-state index in [0.29, 0.717) is 20.6 Å². The van der Waals surface area contributed by atoms with Crippen molar-refractivity contribution in [2.45, 2.75) is 0 Å². The molecule has 0 aliphatic carbocycles. The van der Waals surface area contributed by atoms with Gasteiger partial charge in [0.25, 0.3) is 0 Å². The number of benzene rings is 2. The Bertz CT molecular complexity index is 620. The Morgan fingerprint density at radius 2 is 1.89 bits per heavy atom. The van der Waals surface area contributed by atoms with Gasteiger partial charge in [-0.25, -0.2) is 8.78 Å². The standard InChI is InChI=1S/C13H11F2IN2O/c1-19-13-3-2-7(4-9(13)15)18-12-5-8(14)10(16)6-11(12)17/h2-6,18H,17H2,1H3.